The lowest BCUT2D eigenvalue weighted by atomic mass is 10.1. The molecule has 0 saturated carbocycles. The van der Waals surface area contributed by atoms with Crippen molar-refractivity contribution >= 4 is 28.6 Å². The number of aromatic nitrogens is 3. The van der Waals surface area contributed by atoms with Crippen LogP contribution in [0, 0.1) is 0 Å². The Morgan fingerprint density at radius 2 is 2.00 bits per heavy atom. The van der Waals surface area contributed by atoms with Crippen LogP contribution in [0.3, 0.4) is 0 Å². The Hall–Kier alpha value is -3.46. The van der Waals surface area contributed by atoms with E-state index in [9.17, 15) is 9.59 Å². The quantitative estimate of drug-likeness (QED) is 0.368. The van der Waals surface area contributed by atoms with Gasteiger partial charge in [-0.05, 0) is 43.0 Å². The van der Waals surface area contributed by atoms with Gasteiger partial charge in [-0.2, -0.15) is 4.98 Å². The molecule has 1 aliphatic heterocycles. The van der Waals surface area contributed by atoms with E-state index in [0.717, 1.165) is 43.4 Å². The van der Waals surface area contributed by atoms with Gasteiger partial charge in [-0.3, -0.25) is 9.59 Å². The number of anilines is 2. The molecule has 2 aromatic heterocycles. The van der Waals surface area contributed by atoms with Crippen LogP contribution in [0.5, 0.6) is 0 Å². The topological polar surface area (TPSA) is 127 Å². The van der Waals surface area contributed by atoms with Crippen LogP contribution in [-0.2, 0) is 17.9 Å². The van der Waals surface area contributed by atoms with Crippen molar-refractivity contribution in [1.82, 2.24) is 25.2 Å². The van der Waals surface area contributed by atoms with Crippen LogP contribution < -0.4 is 27.2 Å². The molecule has 0 unspecified atom stereocenters. The number of unbranched alkanes of at least 4 members (excludes halogenated alkanes) is 1. The predicted molar refractivity (Wildman–Crippen MR) is 130 cm³/mol. The summed E-state index contributed by atoms with van der Waals surface area (Å²) in [5.41, 5.74) is 8.21. The van der Waals surface area contributed by atoms with Crippen LogP contribution in [0.1, 0.15) is 43.7 Å². The number of nitrogens with one attached hydrogen (secondary N) is 3. The van der Waals surface area contributed by atoms with Gasteiger partial charge in [0, 0.05) is 19.3 Å². The summed E-state index contributed by atoms with van der Waals surface area (Å²) in [6.07, 6.45) is 5.66. The van der Waals surface area contributed by atoms with E-state index < -0.39 is 0 Å². The number of benzene rings is 1. The SMILES string of the molecule is CCCCNc1nc(N)nc2ccn(Cc3ccc(CNC(=O)[C@@H]4CCCN4)cc3)c(=O)c12. The standard InChI is InChI=1S/C24H31N7O2/c1-2-3-11-27-21-20-18(29-24(25)30-21)10-13-31(23(20)33)15-17-8-6-16(7-9-17)14-28-22(32)19-5-4-12-26-19/h6-10,13,19,26H,2-5,11-12,14-15H2,1H3,(H,28,32)(H3,25,27,29,30)/t19-/m0/s1. The molecular formula is C24H31N7O2. The predicted octanol–water partition coefficient (Wildman–Crippen LogP) is 2.00. The molecule has 1 aromatic carbocycles. The van der Waals surface area contributed by atoms with Crippen molar-refractivity contribution in [2.75, 3.05) is 24.1 Å². The molecule has 0 spiro atoms. The van der Waals surface area contributed by atoms with Crippen molar-refractivity contribution in [2.24, 2.45) is 0 Å². The number of nitrogens with zero attached hydrogens (tertiary/aromatic N) is 3. The second kappa shape index (κ2) is 10.4. The van der Waals surface area contributed by atoms with Crippen LogP contribution in [-0.4, -0.2) is 39.6 Å². The highest BCUT2D eigenvalue weighted by Crippen LogP contribution is 2.18. The van der Waals surface area contributed by atoms with Crippen molar-refractivity contribution in [3.8, 4) is 0 Å². The molecule has 1 aliphatic rings. The molecule has 1 atom stereocenters. The van der Waals surface area contributed by atoms with Crippen LogP contribution in [0.15, 0.2) is 41.3 Å². The molecule has 0 radical (unpaired) electrons. The first kappa shape index (κ1) is 22.7. The fraction of sp³-hybridized carbons (Fsp3) is 0.417. The van der Waals surface area contributed by atoms with E-state index in [0.29, 0.717) is 36.4 Å². The first-order valence-electron chi connectivity index (χ1n) is 11.5. The minimum absolute atomic E-state index is 0.0468. The van der Waals surface area contributed by atoms with E-state index in [2.05, 4.69) is 32.8 Å². The van der Waals surface area contributed by atoms with E-state index in [-0.39, 0.29) is 23.5 Å². The van der Waals surface area contributed by atoms with E-state index >= 15 is 0 Å². The third-order valence-electron chi connectivity index (χ3n) is 5.88. The van der Waals surface area contributed by atoms with Gasteiger partial charge in [0.25, 0.3) is 5.56 Å². The average molecular weight is 450 g/mol. The molecule has 0 bridgehead atoms. The van der Waals surface area contributed by atoms with E-state index in [1.165, 1.54) is 0 Å². The fourth-order valence-electron chi connectivity index (χ4n) is 4.02. The van der Waals surface area contributed by atoms with Gasteiger partial charge in [0.1, 0.15) is 11.2 Å². The molecule has 33 heavy (non-hydrogen) atoms. The second-order valence-corrected chi connectivity index (χ2v) is 8.40. The normalized spacial score (nSPS) is 15.6. The highest BCUT2D eigenvalue weighted by Gasteiger charge is 2.21. The number of carbonyl (C=O) groups is 1. The number of rotatable bonds is 9. The Morgan fingerprint density at radius 1 is 1.21 bits per heavy atom. The molecule has 3 aromatic rings. The molecule has 3 heterocycles. The molecule has 1 fully saturated rings. The molecular weight excluding hydrogens is 418 g/mol. The Balaban J connectivity index is 1.47. The third kappa shape index (κ3) is 5.48. The Labute approximate surface area is 192 Å². The number of pyridine rings is 1. The molecule has 174 valence electrons. The van der Waals surface area contributed by atoms with Gasteiger partial charge in [0.05, 0.1) is 18.1 Å². The summed E-state index contributed by atoms with van der Waals surface area (Å²) in [7, 11) is 0. The molecule has 1 saturated heterocycles. The Morgan fingerprint density at radius 3 is 2.73 bits per heavy atom. The summed E-state index contributed by atoms with van der Waals surface area (Å²) >= 11 is 0. The maximum Gasteiger partial charge on any atom is 0.264 e. The molecule has 9 heteroatoms. The van der Waals surface area contributed by atoms with E-state index in [4.69, 9.17) is 5.73 Å². The summed E-state index contributed by atoms with van der Waals surface area (Å²) in [6, 6.07) is 9.62. The van der Waals surface area contributed by atoms with Gasteiger partial charge in [-0.1, -0.05) is 37.6 Å². The van der Waals surface area contributed by atoms with Gasteiger partial charge in [0.15, 0.2) is 0 Å². The van der Waals surface area contributed by atoms with Gasteiger partial charge in [-0.15, -0.1) is 0 Å². The van der Waals surface area contributed by atoms with E-state index in [1.54, 1.807) is 16.8 Å². The number of nitrogens with two attached hydrogens (primary N) is 1. The maximum absolute atomic E-state index is 13.2. The van der Waals surface area contributed by atoms with Gasteiger partial charge < -0.3 is 26.3 Å². The van der Waals surface area contributed by atoms with Crippen LogP contribution in [0.2, 0.25) is 0 Å². The largest absolute Gasteiger partial charge is 0.369 e. The van der Waals surface area contributed by atoms with Crippen LogP contribution in [0.4, 0.5) is 11.8 Å². The van der Waals surface area contributed by atoms with Crippen LogP contribution in [0.25, 0.3) is 10.9 Å². The van der Waals surface area contributed by atoms with Crippen molar-refractivity contribution < 1.29 is 4.79 Å². The van der Waals surface area contributed by atoms with Gasteiger partial charge in [-0.25, -0.2) is 4.98 Å². The number of hydrogen-bond donors (Lipinski definition) is 4. The zero-order chi connectivity index (χ0) is 23.2. The van der Waals surface area contributed by atoms with Crippen LogP contribution >= 0.6 is 0 Å². The minimum atomic E-state index is -0.160. The third-order valence-corrected chi connectivity index (χ3v) is 5.88. The lowest BCUT2D eigenvalue weighted by Crippen LogP contribution is -2.39. The highest BCUT2D eigenvalue weighted by molar-refractivity contribution is 5.89. The number of nitrogen functional groups attached to an aromatic ring is 1. The summed E-state index contributed by atoms with van der Waals surface area (Å²) in [5.74, 6) is 0.670. The van der Waals surface area contributed by atoms with E-state index in [1.807, 2.05) is 24.3 Å². The average Bonchev–Trinajstić information content (AvgIpc) is 3.35. The summed E-state index contributed by atoms with van der Waals surface area (Å²) in [6.45, 7) is 4.63. The molecule has 0 aliphatic carbocycles. The number of carbonyl (C=O) groups excluding carboxylic acids is 1. The minimum Gasteiger partial charge on any atom is -0.369 e. The monoisotopic (exact) mass is 449 g/mol. The smallest absolute Gasteiger partial charge is 0.264 e. The summed E-state index contributed by atoms with van der Waals surface area (Å²) in [5, 5.41) is 9.86. The first-order valence-corrected chi connectivity index (χ1v) is 11.5. The number of amides is 1. The Bertz CT molecular complexity index is 1170. The molecule has 9 nitrogen and oxygen atoms in total. The fourth-order valence-corrected chi connectivity index (χ4v) is 4.02. The van der Waals surface area contributed by atoms with Gasteiger partial charge >= 0.3 is 0 Å². The molecule has 5 N–H and O–H groups in total. The maximum atomic E-state index is 13.2. The summed E-state index contributed by atoms with van der Waals surface area (Å²) < 4.78 is 1.65. The Kier molecular flexibility index (Phi) is 7.19. The lowest BCUT2D eigenvalue weighted by Gasteiger charge is -2.13. The zero-order valence-corrected chi connectivity index (χ0v) is 18.9. The zero-order valence-electron chi connectivity index (χ0n) is 18.9. The van der Waals surface area contributed by atoms with Crippen molar-refractivity contribution in [1.29, 1.82) is 0 Å². The lowest BCUT2D eigenvalue weighted by molar-refractivity contribution is -0.122. The number of fused-ring (bicyclic) bond motifs is 1. The van der Waals surface area contributed by atoms with Crippen molar-refractivity contribution in [3.05, 3.63) is 58.0 Å². The van der Waals surface area contributed by atoms with Gasteiger partial charge in [0.2, 0.25) is 11.9 Å². The van der Waals surface area contributed by atoms with Crippen molar-refractivity contribution in [2.45, 2.75) is 51.7 Å². The highest BCUT2D eigenvalue weighted by atomic mass is 16.2. The number of hydrogen-bond acceptors (Lipinski definition) is 7. The first-order chi connectivity index (χ1) is 16.0. The molecule has 1 amide bonds. The second-order valence-electron chi connectivity index (χ2n) is 8.40. The van der Waals surface area contributed by atoms with Crippen molar-refractivity contribution in [3.63, 3.8) is 0 Å². The molecule has 4 rings (SSSR count). The summed E-state index contributed by atoms with van der Waals surface area (Å²) in [4.78, 5) is 33.9.